The molecule has 1 aliphatic rings. The van der Waals surface area contributed by atoms with Crippen molar-refractivity contribution in [3.8, 4) is 0 Å². The molecule has 120 valence electrons. The van der Waals surface area contributed by atoms with Gasteiger partial charge < -0.3 is 4.74 Å². The van der Waals surface area contributed by atoms with Gasteiger partial charge in [0, 0.05) is 45.9 Å². The molecule has 1 heterocycles. The summed E-state index contributed by atoms with van der Waals surface area (Å²) in [5.74, 6) is -0.874. The minimum Gasteiger partial charge on any atom is -0.383 e. The summed E-state index contributed by atoms with van der Waals surface area (Å²) >= 11 is 0. The van der Waals surface area contributed by atoms with Crippen molar-refractivity contribution < 1.29 is 26.3 Å². The summed E-state index contributed by atoms with van der Waals surface area (Å²) in [5.41, 5.74) is -5.15. The summed E-state index contributed by atoms with van der Waals surface area (Å²) in [6.07, 6.45) is 0. The molecule has 0 aliphatic carbocycles. The molecule has 0 saturated carbocycles. The van der Waals surface area contributed by atoms with Gasteiger partial charge in [-0.1, -0.05) is 0 Å². The van der Waals surface area contributed by atoms with E-state index in [2.05, 4.69) is 4.90 Å². The summed E-state index contributed by atoms with van der Waals surface area (Å²) in [6, 6.07) is 0.174. The molecular weight excluding hydrogens is 297 g/mol. The van der Waals surface area contributed by atoms with Gasteiger partial charge in [-0.05, 0) is 6.92 Å². The Morgan fingerprint density at radius 1 is 1.25 bits per heavy atom. The topological polar surface area (TPSA) is 49.9 Å². The van der Waals surface area contributed by atoms with Gasteiger partial charge in [0.2, 0.25) is 9.84 Å². The first kappa shape index (κ1) is 17.7. The molecule has 5 nitrogen and oxygen atoms in total. The molecular formula is C11H21F3N2O3S. The van der Waals surface area contributed by atoms with Crippen LogP contribution >= 0.6 is 0 Å². The van der Waals surface area contributed by atoms with Gasteiger partial charge in [0.25, 0.3) is 0 Å². The third-order valence-electron chi connectivity index (χ3n) is 3.46. The maximum Gasteiger partial charge on any atom is 0.497 e. The van der Waals surface area contributed by atoms with E-state index in [-0.39, 0.29) is 12.6 Å². The summed E-state index contributed by atoms with van der Waals surface area (Å²) < 4.78 is 63.7. The van der Waals surface area contributed by atoms with Gasteiger partial charge in [0.15, 0.2) is 0 Å². The lowest BCUT2D eigenvalue weighted by molar-refractivity contribution is -0.0438. The molecule has 1 rings (SSSR count). The molecule has 1 fully saturated rings. The van der Waals surface area contributed by atoms with Gasteiger partial charge in [0.1, 0.15) is 0 Å². The predicted octanol–water partition coefficient (Wildman–Crippen LogP) is 0.574. The third kappa shape index (κ3) is 4.87. The minimum absolute atomic E-state index is 0.0791. The van der Waals surface area contributed by atoms with Gasteiger partial charge in [-0.2, -0.15) is 13.2 Å². The van der Waals surface area contributed by atoms with Crippen LogP contribution in [0.2, 0.25) is 0 Å². The molecule has 0 bridgehead atoms. The summed E-state index contributed by atoms with van der Waals surface area (Å²) in [6.45, 7) is 5.11. The molecule has 1 saturated heterocycles. The van der Waals surface area contributed by atoms with Crippen molar-refractivity contribution in [3.63, 3.8) is 0 Å². The average molecular weight is 318 g/mol. The standard InChI is InChI=1S/C11H21F3N2O3S/c1-10-9-15(3-4-16(10)5-7-19-2)6-8-20(17,18)11(12,13)14/h10H,3-9H2,1-2H3. The fraction of sp³-hybridized carbons (Fsp3) is 1.00. The Morgan fingerprint density at radius 2 is 1.90 bits per heavy atom. The molecule has 0 aromatic rings. The van der Waals surface area contributed by atoms with Crippen LogP contribution < -0.4 is 0 Å². The molecule has 0 N–H and O–H groups in total. The van der Waals surface area contributed by atoms with Crippen molar-refractivity contribution in [3.05, 3.63) is 0 Å². The van der Waals surface area contributed by atoms with Crippen molar-refractivity contribution in [2.24, 2.45) is 0 Å². The second-order valence-corrected chi connectivity index (χ2v) is 7.04. The number of piperazine rings is 1. The highest BCUT2D eigenvalue weighted by atomic mass is 32.2. The van der Waals surface area contributed by atoms with Gasteiger partial charge in [-0.3, -0.25) is 9.80 Å². The Hall–Kier alpha value is -0.380. The van der Waals surface area contributed by atoms with Gasteiger partial charge in [-0.15, -0.1) is 0 Å². The number of alkyl halides is 3. The van der Waals surface area contributed by atoms with Crippen molar-refractivity contribution in [2.75, 3.05) is 52.2 Å². The summed E-state index contributed by atoms with van der Waals surface area (Å²) in [7, 11) is -3.40. The number of hydrogen-bond acceptors (Lipinski definition) is 5. The highest BCUT2D eigenvalue weighted by Gasteiger charge is 2.45. The quantitative estimate of drug-likeness (QED) is 0.717. The van der Waals surface area contributed by atoms with E-state index in [1.165, 1.54) is 0 Å². The Bertz CT molecular complexity index is 400. The maximum atomic E-state index is 12.2. The number of ether oxygens (including phenoxy) is 1. The van der Waals surface area contributed by atoms with Crippen LogP contribution in [0, 0.1) is 0 Å². The Morgan fingerprint density at radius 3 is 2.40 bits per heavy atom. The number of sulfone groups is 1. The zero-order valence-corrected chi connectivity index (χ0v) is 12.5. The van der Waals surface area contributed by atoms with Crippen LogP contribution in [0.1, 0.15) is 6.92 Å². The molecule has 1 aliphatic heterocycles. The smallest absolute Gasteiger partial charge is 0.383 e. The van der Waals surface area contributed by atoms with Crippen molar-refractivity contribution >= 4 is 9.84 Å². The zero-order chi connectivity index (χ0) is 15.4. The second-order valence-electron chi connectivity index (χ2n) is 4.94. The fourth-order valence-electron chi connectivity index (χ4n) is 2.18. The lowest BCUT2D eigenvalue weighted by atomic mass is 10.2. The van der Waals surface area contributed by atoms with Gasteiger partial charge in [-0.25, -0.2) is 8.42 Å². The molecule has 1 atom stereocenters. The van der Waals surface area contributed by atoms with E-state index in [4.69, 9.17) is 4.74 Å². The van der Waals surface area contributed by atoms with E-state index in [0.29, 0.717) is 26.2 Å². The van der Waals surface area contributed by atoms with E-state index < -0.39 is 21.1 Å². The Labute approximate surface area is 117 Å². The SMILES string of the molecule is COCCN1CCN(CCS(=O)(=O)C(F)(F)F)CC1C. The number of nitrogens with zero attached hydrogens (tertiary/aromatic N) is 2. The van der Waals surface area contributed by atoms with E-state index in [9.17, 15) is 21.6 Å². The first-order chi connectivity index (χ1) is 9.17. The van der Waals surface area contributed by atoms with Crippen LogP contribution in [0.5, 0.6) is 0 Å². The van der Waals surface area contributed by atoms with Crippen LogP contribution in [0.3, 0.4) is 0 Å². The van der Waals surface area contributed by atoms with Gasteiger partial charge >= 0.3 is 5.51 Å². The largest absolute Gasteiger partial charge is 0.497 e. The number of methoxy groups -OCH3 is 1. The maximum absolute atomic E-state index is 12.2. The van der Waals surface area contributed by atoms with E-state index in [0.717, 1.165) is 6.54 Å². The normalized spacial score (nSPS) is 23.1. The monoisotopic (exact) mass is 318 g/mol. The van der Waals surface area contributed by atoms with Crippen molar-refractivity contribution in [2.45, 2.75) is 18.5 Å². The van der Waals surface area contributed by atoms with Crippen LogP contribution in [-0.4, -0.2) is 82.0 Å². The third-order valence-corrected chi connectivity index (χ3v) is 4.89. The fourth-order valence-corrected chi connectivity index (χ4v) is 2.91. The molecule has 20 heavy (non-hydrogen) atoms. The van der Waals surface area contributed by atoms with Crippen LogP contribution in [-0.2, 0) is 14.6 Å². The predicted molar refractivity (Wildman–Crippen MR) is 69.2 cm³/mol. The lowest BCUT2D eigenvalue weighted by Crippen LogP contribution is -2.53. The van der Waals surface area contributed by atoms with Crippen LogP contribution in [0.4, 0.5) is 13.2 Å². The first-order valence-corrected chi connectivity index (χ1v) is 8.07. The molecule has 1 unspecified atom stereocenters. The molecule has 0 radical (unpaired) electrons. The van der Waals surface area contributed by atoms with E-state index in [1.807, 2.05) is 6.92 Å². The zero-order valence-electron chi connectivity index (χ0n) is 11.7. The van der Waals surface area contributed by atoms with E-state index >= 15 is 0 Å². The van der Waals surface area contributed by atoms with Crippen molar-refractivity contribution in [1.29, 1.82) is 0 Å². The second kappa shape index (κ2) is 7.06. The average Bonchev–Trinajstić information content (AvgIpc) is 2.34. The molecule has 0 aromatic carbocycles. The first-order valence-electron chi connectivity index (χ1n) is 6.41. The van der Waals surface area contributed by atoms with Crippen molar-refractivity contribution in [1.82, 2.24) is 9.80 Å². The Kier molecular flexibility index (Phi) is 6.24. The van der Waals surface area contributed by atoms with Crippen LogP contribution in [0.25, 0.3) is 0 Å². The van der Waals surface area contributed by atoms with E-state index in [1.54, 1.807) is 12.0 Å². The molecule has 0 amide bonds. The number of rotatable bonds is 6. The van der Waals surface area contributed by atoms with Gasteiger partial charge in [0.05, 0.1) is 12.4 Å². The highest BCUT2D eigenvalue weighted by molar-refractivity contribution is 7.92. The summed E-state index contributed by atoms with van der Waals surface area (Å²) in [5, 5.41) is 0. The lowest BCUT2D eigenvalue weighted by Gasteiger charge is -2.39. The number of hydrogen-bond donors (Lipinski definition) is 0. The van der Waals surface area contributed by atoms with Crippen LogP contribution in [0.15, 0.2) is 0 Å². The summed E-state index contributed by atoms with van der Waals surface area (Å²) in [4.78, 5) is 3.94. The molecule has 9 heteroatoms. The Balaban J connectivity index is 2.42. The highest BCUT2D eigenvalue weighted by Crippen LogP contribution is 2.24. The number of halogens is 3. The molecule has 0 spiro atoms. The minimum atomic E-state index is -5.15. The molecule has 0 aromatic heterocycles.